The smallest absolute Gasteiger partial charge is 0.359 e. The fourth-order valence-corrected chi connectivity index (χ4v) is 4.73. The minimum absolute atomic E-state index is 0.0625. The molecule has 0 spiro atoms. The summed E-state index contributed by atoms with van der Waals surface area (Å²) in [6.07, 6.45) is -1.13. The van der Waals surface area contributed by atoms with Gasteiger partial charge in [-0.1, -0.05) is 32.4 Å². The lowest BCUT2D eigenvalue weighted by molar-refractivity contribution is -0.384. The first kappa shape index (κ1) is 30.1. The van der Waals surface area contributed by atoms with Crippen molar-refractivity contribution in [3.8, 4) is 5.75 Å². The van der Waals surface area contributed by atoms with Crippen LogP contribution in [0.2, 0.25) is 0 Å². The van der Waals surface area contributed by atoms with Crippen LogP contribution in [0.1, 0.15) is 33.3 Å². The van der Waals surface area contributed by atoms with Crippen molar-refractivity contribution in [2.75, 3.05) is 0 Å². The first-order valence-electron chi connectivity index (χ1n) is 11.7. The molecule has 3 atom stereocenters. The van der Waals surface area contributed by atoms with E-state index in [1.54, 1.807) is 20.8 Å². The van der Waals surface area contributed by atoms with Gasteiger partial charge >= 0.3 is 5.97 Å². The second kappa shape index (κ2) is 12.1. The Morgan fingerprint density at radius 1 is 1.18 bits per heavy atom. The largest absolute Gasteiger partial charge is 0.456 e. The summed E-state index contributed by atoms with van der Waals surface area (Å²) in [7, 11) is 0. The zero-order chi connectivity index (χ0) is 29.1. The average Bonchev–Trinajstić information content (AvgIpc) is 2.86. The van der Waals surface area contributed by atoms with E-state index in [-0.39, 0.29) is 23.1 Å². The fourth-order valence-electron chi connectivity index (χ4n) is 3.32. The van der Waals surface area contributed by atoms with Crippen LogP contribution in [0.4, 0.5) is 10.1 Å². The van der Waals surface area contributed by atoms with E-state index in [0.717, 1.165) is 17.0 Å². The zero-order valence-corrected chi connectivity index (χ0v) is 23.0. The Balaban J connectivity index is 2.04. The fraction of sp³-hybridized carbons (Fsp3) is 0.346. The van der Waals surface area contributed by atoms with E-state index in [4.69, 9.17) is 21.1 Å². The molecule has 2 aromatic carbocycles. The summed E-state index contributed by atoms with van der Waals surface area (Å²) in [5.41, 5.74) is -2.29. The summed E-state index contributed by atoms with van der Waals surface area (Å²) >= 11 is 6.95. The number of hydrogen-bond donors (Lipinski definition) is 1. The number of likely N-dealkylation sites (tertiary alicyclic amines) is 1. The van der Waals surface area contributed by atoms with E-state index in [1.165, 1.54) is 43.3 Å². The monoisotopic (exact) mass is 580 g/mol. The maximum Gasteiger partial charge on any atom is 0.359 e. The highest BCUT2D eigenvalue weighted by Crippen LogP contribution is 2.41. The lowest BCUT2D eigenvalue weighted by Gasteiger charge is -2.45. The van der Waals surface area contributed by atoms with Crippen LogP contribution in [-0.2, 0) is 25.7 Å². The van der Waals surface area contributed by atoms with E-state index in [9.17, 15) is 34.0 Å². The number of amides is 1. The third-order valence-corrected chi connectivity index (χ3v) is 7.28. The number of hydrogen-bond acceptors (Lipinski definition) is 9. The van der Waals surface area contributed by atoms with Gasteiger partial charge in [0.05, 0.1) is 16.9 Å². The number of aliphatic hydroxyl groups excluding tert-OH is 1. The molecule has 0 bridgehead atoms. The Morgan fingerprint density at radius 3 is 2.26 bits per heavy atom. The predicted molar refractivity (Wildman–Crippen MR) is 141 cm³/mol. The Bertz CT molecular complexity index is 1290. The maximum atomic E-state index is 13.5. The molecule has 1 heterocycles. The number of non-ortho nitro benzene ring substituents is 1. The van der Waals surface area contributed by atoms with E-state index in [1.807, 2.05) is 0 Å². The number of nitro benzene ring substituents is 1. The van der Waals surface area contributed by atoms with Crippen molar-refractivity contribution >= 4 is 46.0 Å². The number of aliphatic hydroxyl groups is 1. The molecule has 39 heavy (non-hydrogen) atoms. The van der Waals surface area contributed by atoms with Crippen LogP contribution < -0.4 is 4.74 Å². The Labute approximate surface area is 232 Å². The number of carbonyl (C=O) groups excluding carboxylic acids is 3. The molecule has 0 unspecified atom stereocenters. The van der Waals surface area contributed by atoms with Crippen molar-refractivity contribution in [3.05, 3.63) is 80.8 Å². The van der Waals surface area contributed by atoms with Crippen LogP contribution in [-0.4, -0.2) is 43.5 Å². The molecular weight excluding hydrogens is 555 g/mol. The normalized spacial score (nSPS) is 18.5. The Morgan fingerprint density at radius 2 is 1.77 bits per heavy atom. The number of thioether (sulfide) groups is 1. The summed E-state index contributed by atoms with van der Waals surface area (Å²) in [4.78, 5) is 50.6. The minimum atomic E-state index is -1.17. The summed E-state index contributed by atoms with van der Waals surface area (Å²) in [5.74, 6) is -3.29. The molecule has 0 radical (unpaired) electrons. The number of ether oxygens (including phenoxy) is 2. The van der Waals surface area contributed by atoms with Crippen LogP contribution in [0.15, 0.2) is 59.3 Å². The molecule has 0 saturated carbocycles. The van der Waals surface area contributed by atoms with Crippen LogP contribution in [0.3, 0.4) is 0 Å². The number of rotatable bonds is 9. The van der Waals surface area contributed by atoms with Crippen molar-refractivity contribution in [3.63, 3.8) is 0 Å². The first-order chi connectivity index (χ1) is 18.2. The predicted octanol–water partition coefficient (Wildman–Crippen LogP) is 4.74. The van der Waals surface area contributed by atoms with Gasteiger partial charge in [0, 0.05) is 17.5 Å². The summed E-state index contributed by atoms with van der Waals surface area (Å²) in [6.45, 7) is 5.98. The highest BCUT2D eigenvalue weighted by molar-refractivity contribution is 8.16. The zero-order valence-electron chi connectivity index (χ0n) is 21.4. The van der Waals surface area contributed by atoms with Gasteiger partial charge < -0.3 is 14.6 Å². The third-order valence-electron chi connectivity index (χ3n) is 5.55. The topological polar surface area (TPSA) is 136 Å². The van der Waals surface area contributed by atoms with Gasteiger partial charge in [-0.15, -0.1) is 0 Å². The van der Waals surface area contributed by atoms with Gasteiger partial charge in [-0.25, -0.2) is 9.18 Å². The van der Waals surface area contributed by atoms with Crippen LogP contribution in [0, 0.1) is 27.3 Å². The summed E-state index contributed by atoms with van der Waals surface area (Å²) in [5, 5.41) is 20.1. The third kappa shape index (κ3) is 7.14. The van der Waals surface area contributed by atoms with Gasteiger partial charge in [-0.2, -0.15) is 0 Å². The second-order valence-corrected chi connectivity index (χ2v) is 11.1. The van der Waals surface area contributed by atoms with Crippen LogP contribution in [0.25, 0.3) is 0 Å². The molecule has 0 aliphatic carbocycles. The van der Waals surface area contributed by atoms with E-state index in [2.05, 4.69) is 0 Å². The molecule has 13 heteroatoms. The highest BCUT2D eigenvalue weighted by Gasteiger charge is 2.53. The quantitative estimate of drug-likeness (QED) is 0.0652. The van der Waals surface area contributed by atoms with Gasteiger partial charge in [0.1, 0.15) is 23.7 Å². The molecule has 1 N–H and O–H groups in total. The molecule has 208 valence electrons. The molecule has 1 amide bonds. The number of halogens is 2. The Hall–Kier alpha value is -3.48. The van der Waals surface area contributed by atoms with Gasteiger partial charge in [0.15, 0.2) is 10.8 Å². The van der Waals surface area contributed by atoms with Crippen molar-refractivity contribution in [1.82, 2.24) is 4.90 Å². The van der Waals surface area contributed by atoms with Crippen molar-refractivity contribution < 1.29 is 38.3 Å². The SMILES string of the molecule is C[C@@H](O)[C@H]1C(=O)N(C(C(=O)OCc2ccc([N+](=O)[O-])cc2)=C(Oc2ccc(F)cc2)SC(=O)C(C)(C)C)[C@H]1Cl. The number of β-lactam (4-membered cyclic amide) rings is 1. The number of esters is 1. The molecule has 1 saturated heterocycles. The number of alkyl halides is 1. The maximum absolute atomic E-state index is 13.5. The molecule has 0 aromatic heterocycles. The number of carbonyl (C=O) groups is 3. The van der Waals surface area contributed by atoms with E-state index in [0.29, 0.717) is 17.3 Å². The Kier molecular flexibility index (Phi) is 9.36. The molecule has 3 rings (SSSR count). The second-order valence-electron chi connectivity index (χ2n) is 9.68. The molecule has 1 aliphatic heterocycles. The number of benzene rings is 2. The van der Waals surface area contributed by atoms with Crippen molar-refractivity contribution in [2.45, 2.75) is 45.9 Å². The minimum Gasteiger partial charge on any atom is -0.456 e. The van der Waals surface area contributed by atoms with Crippen LogP contribution >= 0.6 is 23.4 Å². The molecule has 1 fully saturated rings. The van der Waals surface area contributed by atoms with Gasteiger partial charge in [-0.05, 0) is 60.6 Å². The van der Waals surface area contributed by atoms with Crippen molar-refractivity contribution in [1.29, 1.82) is 0 Å². The van der Waals surface area contributed by atoms with Gasteiger partial charge in [-0.3, -0.25) is 24.6 Å². The average molecular weight is 581 g/mol. The summed E-state index contributed by atoms with van der Waals surface area (Å²) < 4.78 is 24.7. The molecular formula is C26H26ClFN2O8S. The van der Waals surface area contributed by atoms with Crippen LogP contribution in [0.5, 0.6) is 5.75 Å². The number of nitro groups is 1. The van der Waals surface area contributed by atoms with Crippen molar-refractivity contribution in [2.24, 2.45) is 11.3 Å². The van der Waals surface area contributed by atoms with Gasteiger partial charge in [0.25, 0.3) is 5.69 Å². The van der Waals surface area contributed by atoms with Gasteiger partial charge in [0.2, 0.25) is 11.0 Å². The first-order valence-corrected chi connectivity index (χ1v) is 12.9. The lowest BCUT2D eigenvalue weighted by atomic mass is 9.92. The highest BCUT2D eigenvalue weighted by atomic mass is 35.5. The van der Waals surface area contributed by atoms with E-state index < -0.39 is 56.4 Å². The molecule has 2 aromatic rings. The number of nitrogens with zero attached hydrogens (tertiary/aromatic N) is 2. The molecule has 10 nitrogen and oxygen atoms in total. The summed E-state index contributed by atoms with van der Waals surface area (Å²) in [6, 6.07) is 10.0. The standard InChI is InChI=1S/C26H26ClFN2O8S/c1-14(31)19-21(27)29(22(19)32)20(23(33)37-13-15-5-9-17(10-6-15)30(35)36)24(39-25(34)26(2,3)4)38-18-11-7-16(28)8-12-18/h5-12,14,19,21,31H,13H2,1-4H3/t14-,19-,21-/m1/s1. The van der Waals surface area contributed by atoms with E-state index >= 15 is 0 Å². The lowest BCUT2D eigenvalue weighted by Crippen LogP contribution is -2.62. The molecule has 1 aliphatic rings.